The van der Waals surface area contributed by atoms with Crippen molar-refractivity contribution >= 4 is 5.69 Å². The monoisotopic (exact) mass is 260 g/mol. The molecule has 2 N–H and O–H groups in total. The van der Waals surface area contributed by atoms with Crippen LogP contribution < -0.4 is 5.73 Å². The van der Waals surface area contributed by atoms with Crippen LogP contribution in [-0.2, 0) is 5.41 Å². The first kappa shape index (κ1) is 14.4. The van der Waals surface area contributed by atoms with Crippen LogP contribution in [0.25, 0.3) is 0 Å². The second-order valence-corrected chi connectivity index (χ2v) is 6.95. The predicted octanol–water partition coefficient (Wildman–Crippen LogP) is 3.67. The number of anilines is 1. The van der Waals surface area contributed by atoms with E-state index < -0.39 is 0 Å². The van der Waals surface area contributed by atoms with Crippen LogP contribution in [0, 0.1) is 5.92 Å². The Kier molecular flexibility index (Phi) is 4.19. The Balaban J connectivity index is 2.06. The van der Waals surface area contributed by atoms with Crippen molar-refractivity contribution in [2.24, 2.45) is 5.92 Å². The second kappa shape index (κ2) is 5.54. The van der Waals surface area contributed by atoms with Crippen molar-refractivity contribution < 1.29 is 0 Å². The minimum absolute atomic E-state index is 0.183. The van der Waals surface area contributed by atoms with E-state index in [1.807, 2.05) is 12.1 Å². The van der Waals surface area contributed by atoms with Crippen LogP contribution in [0.2, 0.25) is 0 Å². The van der Waals surface area contributed by atoms with Gasteiger partial charge in [-0.15, -0.1) is 0 Å². The second-order valence-electron chi connectivity index (χ2n) is 6.95. The molecule has 1 saturated heterocycles. The Bertz CT molecular complexity index is 408. The van der Waals surface area contributed by atoms with Gasteiger partial charge in [-0.25, -0.2) is 0 Å². The highest BCUT2D eigenvalue weighted by atomic mass is 15.2. The summed E-state index contributed by atoms with van der Waals surface area (Å²) in [7, 11) is 0. The molecule has 2 unspecified atom stereocenters. The van der Waals surface area contributed by atoms with Crippen LogP contribution in [0.4, 0.5) is 5.69 Å². The number of nitrogens with zero attached hydrogens (tertiary/aromatic N) is 1. The van der Waals surface area contributed by atoms with Crippen molar-refractivity contribution in [2.75, 3.05) is 18.8 Å². The third-order valence-corrected chi connectivity index (χ3v) is 4.57. The van der Waals surface area contributed by atoms with E-state index >= 15 is 0 Å². The number of hydrogen-bond acceptors (Lipinski definition) is 2. The van der Waals surface area contributed by atoms with Crippen LogP contribution in [0.3, 0.4) is 0 Å². The summed E-state index contributed by atoms with van der Waals surface area (Å²) in [6.07, 6.45) is 2.67. The molecule has 1 aromatic rings. The van der Waals surface area contributed by atoms with E-state index in [1.165, 1.54) is 24.9 Å². The van der Waals surface area contributed by atoms with Crippen LogP contribution in [0.15, 0.2) is 24.3 Å². The number of nitrogen functional groups attached to an aromatic ring is 1. The summed E-state index contributed by atoms with van der Waals surface area (Å²) in [5.74, 6) is 0.880. The van der Waals surface area contributed by atoms with Gasteiger partial charge in [-0.05, 0) is 49.9 Å². The number of nitrogens with two attached hydrogens (primary N) is 1. The molecule has 0 bridgehead atoms. The summed E-state index contributed by atoms with van der Waals surface area (Å²) >= 11 is 0. The van der Waals surface area contributed by atoms with Crippen LogP contribution in [0.1, 0.15) is 46.1 Å². The molecule has 0 saturated carbocycles. The largest absolute Gasteiger partial charge is 0.399 e. The van der Waals surface area contributed by atoms with Gasteiger partial charge >= 0.3 is 0 Å². The minimum Gasteiger partial charge on any atom is -0.399 e. The summed E-state index contributed by atoms with van der Waals surface area (Å²) in [4.78, 5) is 2.65. The van der Waals surface area contributed by atoms with Gasteiger partial charge in [0.2, 0.25) is 0 Å². The van der Waals surface area contributed by atoms with Crippen LogP contribution in [0.5, 0.6) is 0 Å². The number of piperidine rings is 1. The molecule has 0 radical (unpaired) electrons. The Labute approximate surface area is 118 Å². The SMILES string of the molecule is CC1CCN(CC(C)(C)c2ccc(N)cc2)C(C)C1. The lowest BCUT2D eigenvalue weighted by Gasteiger charge is -2.41. The molecule has 106 valence electrons. The smallest absolute Gasteiger partial charge is 0.0314 e. The Morgan fingerprint density at radius 2 is 1.84 bits per heavy atom. The molecule has 0 spiro atoms. The quantitative estimate of drug-likeness (QED) is 0.840. The van der Waals surface area contributed by atoms with Crippen molar-refractivity contribution in [3.63, 3.8) is 0 Å². The van der Waals surface area contributed by atoms with Crippen molar-refractivity contribution in [1.82, 2.24) is 4.90 Å². The predicted molar refractivity (Wildman–Crippen MR) is 83.3 cm³/mol. The summed E-state index contributed by atoms with van der Waals surface area (Å²) in [5.41, 5.74) is 8.19. The molecule has 19 heavy (non-hydrogen) atoms. The minimum atomic E-state index is 0.183. The molecule has 0 aromatic heterocycles. The van der Waals surface area contributed by atoms with Crippen molar-refractivity contribution in [1.29, 1.82) is 0 Å². The molecule has 2 nitrogen and oxygen atoms in total. The first-order valence-electron chi connectivity index (χ1n) is 7.48. The standard InChI is InChI=1S/C17H28N2/c1-13-9-10-19(14(2)11-13)12-17(3,4)15-5-7-16(18)8-6-15/h5-8,13-14H,9-12,18H2,1-4H3. The van der Waals surface area contributed by atoms with E-state index in [0.29, 0.717) is 6.04 Å². The lowest BCUT2D eigenvalue weighted by atomic mass is 9.82. The zero-order valence-corrected chi connectivity index (χ0v) is 12.8. The van der Waals surface area contributed by atoms with Crippen LogP contribution in [-0.4, -0.2) is 24.0 Å². The fourth-order valence-corrected chi connectivity index (χ4v) is 3.22. The molecule has 1 heterocycles. The Hall–Kier alpha value is -1.02. The lowest BCUT2D eigenvalue weighted by Crippen LogP contribution is -2.46. The fraction of sp³-hybridized carbons (Fsp3) is 0.647. The zero-order chi connectivity index (χ0) is 14.0. The molecule has 2 heteroatoms. The summed E-state index contributed by atoms with van der Waals surface area (Å²) in [6, 6.07) is 9.08. The third-order valence-electron chi connectivity index (χ3n) is 4.57. The van der Waals surface area contributed by atoms with Crippen molar-refractivity contribution in [2.45, 2.75) is 52.0 Å². The van der Waals surface area contributed by atoms with Gasteiger partial charge in [0.1, 0.15) is 0 Å². The normalized spacial score (nSPS) is 25.5. The molecule has 1 aliphatic heterocycles. The van der Waals surface area contributed by atoms with Crippen LogP contribution >= 0.6 is 0 Å². The fourth-order valence-electron chi connectivity index (χ4n) is 3.22. The molecule has 0 aliphatic carbocycles. The topological polar surface area (TPSA) is 29.3 Å². The van der Waals surface area contributed by atoms with Crippen molar-refractivity contribution in [3.8, 4) is 0 Å². The van der Waals surface area contributed by atoms with Gasteiger partial charge in [-0.3, -0.25) is 4.90 Å². The molecule has 2 atom stereocenters. The average molecular weight is 260 g/mol. The van der Waals surface area contributed by atoms with Gasteiger partial charge in [0, 0.05) is 23.7 Å². The maximum atomic E-state index is 5.78. The maximum Gasteiger partial charge on any atom is 0.0314 e. The number of benzene rings is 1. The zero-order valence-electron chi connectivity index (χ0n) is 12.8. The molecule has 0 amide bonds. The van der Waals surface area contributed by atoms with E-state index in [4.69, 9.17) is 5.73 Å². The Morgan fingerprint density at radius 1 is 1.21 bits per heavy atom. The van der Waals surface area contributed by atoms with Gasteiger partial charge in [-0.1, -0.05) is 32.9 Å². The maximum absolute atomic E-state index is 5.78. The molecule has 2 rings (SSSR count). The van der Waals surface area contributed by atoms with Gasteiger partial charge in [-0.2, -0.15) is 0 Å². The molecular weight excluding hydrogens is 232 g/mol. The van der Waals surface area contributed by atoms with E-state index in [9.17, 15) is 0 Å². The van der Waals surface area contributed by atoms with E-state index in [2.05, 4.69) is 44.7 Å². The van der Waals surface area contributed by atoms with Crippen molar-refractivity contribution in [3.05, 3.63) is 29.8 Å². The van der Waals surface area contributed by atoms with Gasteiger partial charge in [0.25, 0.3) is 0 Å². The van der Waals surface area contributed by atoms with Gasteiger partial charge < -0.3 is 5.73 Å². The first-order valence-corrected chi connectivity index (χ1v) is 7.48. The molecular formula is C17H28N2. The van der Waals surface area contributed by atoms with E-state index in [-0.39, 0.29) is 5.41 Å². The molecule has 1 aliphatic rings. The summed E-state index contributed by atoms with van der Waals surface area (Å²) < 4.78 is 0. The number of rotatable bonds is 3. The first-order chi connectivity index (χ1) is 8.88. The van der Waals surface area contributed by atoms with Gasteiger partial charge in [0.15, 0.2) is 0 Å². The molecule has 1 fully saturated rings. The summed E-state index contributed by atoms with van der Waals surface area (Å²) in [6.45, 7) is 11.8. The summed E-state index contributed by atoms with van der Waals surface area (Å²) in [5, 5.41) is 0. The average Bonchev–Trinajstić information content (AvgIpc) is 2.33. The highest BCUT2D eigenvalue weighted by Crippen LogP contribution is 2.29. The lowest BCUT2D eigenvalue weighted by molar-refractivity contribution is 0.106. The highest BCUT2D eigenvalue weighted by molar-refractivity contribution is 5.41. The number of likely N-dealkylation sites (tertiary alicyclic amines) is 1. The van der Waals surface area contributed by atoms with E-state index in [1.54, 1.807) is 0 Å². The number of hydrogen-bond donors (Lipinski definition) is 1. The Morgan fingerprint density at radius 3 is 2.42 bits per heavy atom. The highest BCUT2D eigenvalue weighted by Gasteiger charge is 2.29. The van der Waals surface area contributed by atoms with E-state index in [0.717, 1.165) is 18.2 Å². The van der Waals surface area contributed by atoms with Gasteiger partial charge in [0.05, 0.1) is 0 Å². The molecule has 1 aromatic carbocycles. The third kappa shape index (κ3) is 3.50.